The van der Waals surface area contributed by atoms with E-state index in [0.717, 1.165) is 22.1 Å². The Morgan fingerprint density at radius 1 is 1.41 bits per heavy atom. The molecule has 0 bridgehead atoms. The first-order valence-electron chi connectivity index (χ1n) is 5.44. The van der Waals surface area contributed by atoms with Crippen LogP contribution < -0.4 is 5.73 Å². The second kappa shape index (κ2) is 5.23. The SMILES string of the molecule is CC(C)c1c(N)ncnc1SCc1ccco1. The third-order valence-electron chi connectivity index (χ3n) is 2.39. The highest BCUT2D eigenvalue weighted by atomic mass is 32.2. The molecular weight excluding hydrogens is 234 g/mol. The van der Waals surface area contributed by atoms with Gasteiger partial charge in [0, 0.05) is 5.56 Å². The van der Waals surface area contributed by atoms with E-state index in [1.54, 1.807) is 18.0 Å². The van der Waals surface area contributed by atoms with E-state index in [0.29, 0.717) is 11.7 Å². The molecule has 0 amide bonds. The summed E-state index contributed by atoms with van der Waals surface area (Å²) in [6.07, 6.45) is 3.18. The van der Waals surface area contributed by atoms with Crippen molar-refractivity contribution in [1.29, 1.82) is 0 Å². The molecule has 0 aliphatic heterocycles. The van der Waals surface area contributed by atoms with E-state index < -0.39 is 0 Å². The fraction of sp³-hybridized carbons (Fsp3) is 0.333. The van der Waals surface area contributed by atoms with E-state index in [1.165, 1.54) is 6.33 Å². The minimum atomic E-state index is 0.315. The summed E-state index contributed by atoms with van der Waals surface area (Å²) < 4.78 is 5.29. The van der Waals surface area contributed by atoms with Crippen LogP contribution in [0.4, 0.5) is 5.82 Å². The van der Waals surface area contributed by atoms with Crippen LogP contribution in [0.2, 0.25) is 0 Å². The average Bonchev–Trinajstić information content (AvgIpc) is 2.78. The lowest BCUT2D eigenvalue weighted by Crippen LogP contribution is -2.03. The molecular formula is C12H15N3OS. The lowest BCUT2D eigenvalue weighted by Gasteiger charge is -2.12. The molecule has 0 atom stereocenters. The fourth-order valence-electron chi connectivity index (χ4n) is 1.58. The van der Waals surface area contributed by atoms with Gasteiger partial charge in [-0.05, 0) is 18.1 Å². The number of thioether (sulfide) groups is 1. The second-order valence-corrected chi connectivity index (χ2v) is 4.96. The Balaban J connectivity index is 2.18. The summed E-state index contributed by atoms with van der Waals surface area (Å²) in [5.41, 5.74) is 6.90. The van der Waals surface area contributed by atoms with E-state index in [2.05, 4.69) is 23.8 Å². The minimum Gasteiger partial charge on any atom is -0.468 e. The molecule has 0 spiro atoms. The number of furan rings is 1. The van der Waals surface area contributed by atoms with Crippen LogP contribution in [0.1, 0.15) is 31.1 Å². The van der Waals surface area contributed by atoms with Crippen molar-refractivity contribution in [2.24, 2.45) is 0 Å². The largest absolute Gasteiger partial charge is 0.468 e. The molecule has 2 N–H and O–H groups in total. The number of nitrogen functional groups attached to an aromatic ring is 1. The van der Waals surface area contributed by atoms with Gasteiger partial charge in [-0.15, -0.1) is 0 Å². The van der Waals surface area contributed by atoms with Crippen molar-refractivity contribution in [3.8, 4) is 0 Å². The minimum absolute atomic E-state index is 0.315. The summed E-state index contributed by atoms with van der Waals surface area (Å²) in [5, 5.41) is 0.934. The predicted molar refractivity (Wildman–Crippen MR) is 68.8 cm³/mol. The Kier molecular flexibility index (Phi) is 3.68. The third kappa shape index (κ3) is 2.79. The van der Waals surface area contributed by atoms with E-state index in [4.69, 9.17) is 10.2 Å². The van der Waals surface area contributed by atoms with Gasteiger partial charge in [-0.2, -0.15) is 0 Å². The Morgan fingerprint density at radius 2 is 2.24 bits per heavy atom. The number of hydrogen-bond acceptors (Lipinski definition) is 5. The molecule has 0 aromatic carbocycles. The number of nitrogens with zero attached hydrogens (tertiary/aromatic N) is 2. The van der Waals surface area contributed by atoms with Gasteiger partial charge in [0.2, 0.25) is 0 Å². The molecule has 2 rings (SSSR count). The average molecular weight is 249 g/mol. The van der Waals surface area contributed by atoms with Crippen molar-refractivity contribution in [1.82, 2.24) is 9.97 Å². The maximum Gasteiger partial charge on any atom is 0.131 e. The molecule has 0 aliphatic carbocycles. The first kappa shape index (κ1) is 12.0. The van der Waals surface area contributed by atoms with Crippen LogP contribution in [-0.2, 0) is 5.75 Å². The molecule has 0 radical (unpaired) electrons. The molecule has 0 saturated heterocycles. The second-order valence-electron chi connectivity index (χ2n) is 4.00. The zero-order chi connectivity index (χ0) is 12.3. The molecule has 2 aromatic heterocycles. The van der Waals surface area contributed by atoms with Crippen molar-refractivity contribution in [3.63, 3.8) is 0 Å². The summed E-state index contributed by atoms with van der Waals surface area (Å²) in [7, 11) is 0. The van der Waals surface area contributed by atoms with Gasteiger partial charge in [-0.1, -0.05) is 25.6 Å². The van der Waals surface area contributed by atoms with Crippen LogP contribution in [0.15, 0.2) is 34.2 Å². The third-order valence-corrected chi connectivity index (χ3v) is 3.41. The van der Waals surface area contributed by atoms with E-state index in [-0.39, 0.29) is 0 Å². The fourth-order valence-corrected chi connectivity index (χ4v) is 2.64. The van der Waals surface area contributed by atoms with Crippen molar-refractivity contribution >= 4 is 17.6 Å². The van der Waals surface area contributed by atoms with Gasteiger partial charge in [0.05, 0.1) is 12.0 Å². The standard InChI is InChI=1S/C12H15N3OS/c1-8(2)10-11(13)14-7-15-12(10)17-6-9-4-3-5-16-9/h3-5,7-8H,6H2,1-2H3,(H2,13,14,15). The Bertz CT molecular complexity index is 483. The van der Waals surface area contributed by atoms with Crippen LogP contribution >= 0.6 is 11.8 Å². The van der Waals surface area contributed by atoms with Gasteiger partial charge >= 0.3 is 0 Å². The molecule has 0 fully saturated rings. The number of aromatic nitrogens is 2. The van der Waals surface area contributed by atoms with Crippen molar-refractivity contribution in [2.45, 2.75) is 30.5 Å². The van der Waals surface area contributed by atoms with Gasteiger partial charge in [-0.25, -0.2) is 9.97 Å². The summed E-state index contributed by atoms with van der Waals surface area (Å²) >= 11 is 1.62. The summed E-state index contributed by atoms with van der Waals surface area (Å²) in [6.45, 7) is 4.18. The first-order valence-corrected chi connectivity index (χ1v) is 6.42. The predicted octanol–water partition coefficient (Wildman–Crippen LogP) is 3.07. The summed E-state index contributed by atoms with van der Waals surface area (Å²) in [4.78, 5) is 8.33. The molecule has 0 aliphatic rings. The summed E-state index contributed by atoms with van der Waals surface area (Å²) in [6, 6.07) is 3.83. The van der Waals surface area contributed by atoms with Crippen LogP contribution in [0.5, 0.6) is 0 Å². The number of hydrogen-bond donors (Lipinski definition) is 1. The molecule has 0 unspecified atom stereocenters. The Labute approximate surface area is 105 Å². The topological polar surface area (TPSA) is 64.9 Å². The first-order chi connectivity index (χ1) is 8.18. The molecule has 2 heterocycles. The number of rotatable bonds is 4. The van der Waals surface area contributed by atoms with Gasteiger partial charge in [0.15, 0.2) is 0 Å². The van der Waals surface area contributed by atoms with Gasteiger partial charge in [0.25, 0.3) is 0 Å². The van der Waals surface area contributed by atoms with Gasteiger partial charge in [0.1, 0.15) is 22.9 Å². The smallest absolute Gasteiger partial charge is 0.131 e. The number of anilines is 1. The molecule has 90 valence electrons. The normalized spacial score (nSPS) is 11.0. The maximum atomic E-state index is 5.88. The van der Waals surface area contributed by atoms with E-state index >= 15 is 0 Å². The molecule has 2 aromatic rings. The van der Waals surface area contributed by atoms with Crippen molar-refractivity contribution in [3.05, 3.63) is 36.0 Å². The highest BCUT2D eigenvalue weighted by molar-refractivity contribution is 7.98. The van der Waals surface area contributed by atoms with Gasteiger partial charge in [-0.3, -0.25) is 0 Å². The lowest BCUT2D eigenvalue weighted by molar-refractivity contribution is 0.530. The monoisotopic (exact) mass is 249 g/mol. The van der Waals surface area contributed by atoms with Crippen LogP contribution in [0.25, 0.3) is 0 Å². The Hall–Kier alpha value is -1.49. The maximum absolute atomic E-state index is 5.88. The molecule has 5 heteroatoms. The molecule has 4 nitrogen and oxygen atoms in total. The van der Waals surface area contributed by atoms with Crippen LogP contribution in [0, 0.1) is 0 Å². The molecule has 17 heavy (non-hydrogen) atoms. The van der Waals surface area contributed by atoms with Crippen LogP contribution in [-0.4, -0.2) is 9.97 Å². The highest BCUT2D eigenvalue weighted by Crippen LogP contribution is 2.31. The van der Waals surface area contributed by atoms with E-state index in [1.807, 2.05) is 12.1 Å². The highest BCUT2D eigenvalue weighted by Gasteiger charge is 2.13. The zero-order valence-corrected chi connectivity index (χ0v) is 10.7. The van der Waals surface area contributed by atoms with Crippen molar-refractivity contribution < 1.29 is 4.42 Å². The van der Waals surface area contributed by atoms with Crippen LogP contribution in [0.3, 0.4) is 0 Å². The Morgan fingerprint density at radius 3 is 2.88 bits per heavy atom. The molecule has 0 saturated carbocycles. The summed E-state index contributed by atoms with van der Waals surface area (Å²) in [5.74, 6) is 2.57. The van der Waals surface area contributed by atoms with E-state index in [9.17, 15) is 0 Å². The number of nitrogens with two attached hydrogens (primary N) is 1. The van der Waals surface area contributed by atoms with Gasteiger partial charge < -0.3 is 10.2 Å². The van der Waals surface area contributed by atoms with Crippen molar-refractivity contribution in [2.75, 3.05) is 5.73 Å². The zero-order valence-electron chi connectivity index (χ0n) is 9.88. The lowest BCUT2D eigenvalue weighted by atomic mass is 10.1. The quantitative estimate of drug-likeness (QED) is 0.666.